The van der Waals surface area contributed by atoms with Gasteiger partial charge in [0.15, 0.2) is 11.6 Å². The molecule has 1 aromatic carbocycles. The van der Waals surface area contributed by atoms with Gasteiger partial charge in [0.1, 0.15) is 0 Å². The number of aromatic nitrogens is 3. The molecule has 1 aliphatic rings. The fourth-order valence-electron chi connectivity index (χ4n) is 3.07. The lowest BCUT2D eigenvalue weighted by Crippen LogP contribution is -2.29. The number of benzene rings is 1. The summed E-state index contributed by atoms with van der Waals surface area (Å²) in [6.07, 6.45) is 2.21. The molecule has 122 valence electrons. The molecular weight excluding hydrogens is 307 g/mol. The number of fused-ring (bicyclic) bond motifs is 1. The molecule has 3 heterocycles. The van der Waals surface area contributed by atoms with E-state index in [9.17, 15) is 9.50 Å². The highest BCUT2D eigenvalue weighted by Crippen LogP contribution is 2.30. The molecule has 4 rings (SSSR count). The summed E-state index contributed by atoms with van der Waals surface area (Å²) in [7, 11) is 0. The van der Waals surface area contributed by atoms with E-state index >= 15 is 0 Å². The minimum absolute atomic E-state index is 0.0269. The average molecular weight is 324 g/mol. The summed E-state index contributed by atoms with van der Waals surface area (Å²) in [4.78, 5) is 6.24. The molecule has 5 nitrogen and oxygen atoms in total. The van der Waals surface area contributed by atoms with Gasteiger partial charge in [0, 0.05) is 32.3 Å². The first-order valence-electron chi connectivity index (χ1n) is 7.89. The number of aromatic hydroxyl groups is 1. The van der Waals surface area contributed by atoms with Crippen LogP contribution in [0.3, 0.4) is 0 Å². The molecular formula is C18H17FN4O. The Bertz CT molecular complexity index is 863. The SMILES string of the molecule is Oc1c2c(nn1-c1ncccc1F)CCN(Cc1ccccc1)C2. The van der Waals surface area contributed by atoms with Gasteiger partial charge in [-0.05, 0) is 17.7 Å². The van der Waals surface area contributed by atoms with Crippen molar-refractivity contribution in [3.63, 3.8) is 0 Å². The van der Waals surface area contributed by atoms with E-state index in [1.807, 2.05) is 18.2 Å². The second kappa shape index (κ2) is 6.05. The van der Waals surface area contributed by atoms with Crippen LogP contribution in [0.15, 0.2) is 48.7 Å². The third-order valence-electron chi connectivity index (χ3n) is 4.27. The minimum atomic E-state index is -0.506. The molecule has 0 radical (unpaired) electrons. The number of hydrogen-bond donors (Lipinski definition) is 1. The summed E-state index contributed by atoms with van der Waals surface area (Å²) in [6.45, 7) is 2.25. The summed E-state index contributed by atoms with van der Waals surface area (Å²) in [5.41, 5.74) is 2.78. The van der Waals surface area contributed by atoms with Crippen molar-refractivity contribution in [1.29, 1.82) is 0 Å². The van der Waals surface area contributed by atoms with Gasteiger partial charge in [-0.25, -0.2) is 9.37 Å². The lowest BCUT2D eigenvalue weighted by atomic mass is 10.1. The lowest BCUT2D eigenvalue weighted by molar-refractivity contribution is 0.241. The molecule has 6 heteroatoms. The van der Waals surface area contributed by atoms with E-state index in [2.05, 4.69) is 27.1 Å². The molecule has 3 aromatic rings. The molecule has 24 heavy (non-hydrogen) atoms. The molecule has 0 fully saturated rings. The highest BCUT2D eigenvalue weighted by atomic mass is 19.1. The summed E-state index contributed by atoms with van der Waals surface area (Å²) in [6, 6.07) is 13.0. The first-order valence-corrected chi connectivity index (χ1v) is 7.89. The Hall–Kier alpha value is -2.73. The molecule has 0 spiro atoms. The fourth-order valence-corrected chi connectivity index (χ4v) is 3.07. The van der Waals surface area contributed by atoms with Crippen LogP contribution in [-0.2, 0) is 19.5 Å². The Morgan fingerprint density at radius 3 is 2.75 bits per heavy atom. The van der Waals surface area contributed by atoms with Gasteiger partial charge in [-0.2, -0.15) is 9.78 Å². The van der Waals surface area contributed by atoms with Crippen molar-refractivity contribution in [3.05, 3.63) is 71.3 Å². The quantitative estimate of drug-likeness (QED) is 0.805. The van der Waals surface area contributed by atoms with Crippen LogP contribution >= 0.6 is 0 Å². The third kappa shape index (κ3) is 2.65. The zero-order chi connectivity index (χ0) is 16.5. The average Bonchev–Trinajstić information content (AvgIpc) is 2.93. The van der Waals surface area contributed by atoms with Gasteiger partial charge in [0.05, 0.1) is 11.3 Å². The van der Waals surface area contributed by atoms with Crippen LogP contribution in [0.25, 0.3) is 5.82 Å². The maximum Gasteiger partial charge on any atom is 0.220 e. The first kappa shape index (κ1) is 14.8. The zero-order valence-corrected chi connectivity index (χ0v) is 13.1. The van der Waals surface area contributed by atoms with E-state index in [1.54, 1.807) is 0 Å². The molecule has 0 saturated carbocycles. The zero-order valence-electron chi connectivity index (χ0n) is 13.1. The summed E-state index contributed by atoms with van der Waals surface area (Å²) >= 11 is 0. The van der Waals surface area contributed by atoms with Gasteiger partial charge in [0.2, 0.25) is 5.88 Å². The van der Waals surface area contributed by atoms with Crippen molar-refractivity contribution in [3.8, 4) is 11.7 Å². The van der Waals surface area contributed by atoms with E-state index in [1.165, 1.54) is 28.6 Å². The van der Waals surface area contributed by atoms with E-state index < -0.39 is 5.82 Å². The minimum Gasteiger partial charge on any atom is -0.493 e. The summed E-state index contributed by atoms with van der Waals surface area (Å²) in [5.74, 6) is -0.506. The predicted molar refractivity (Wildman–Crippen MR) is 87.2 cm³/mol. The molecule has 2 aromatic heterocycles. The Balaban J connectivity index is 1.62. The molecule has 1 N–H and O–H groups in total. The maximum atomic E-state index is 13.9. The van der Waals surface area contributed by atoms with Crippen LogP contribution in [0, 0.1) is 5.82 Å². The Morgan fingerprint density at radius 1 is 1.12 bits per heavy atom. The second-order valence-corrected chi connectivity index (χ2v) is 5.92. The molecule has 0 saturated heterocycles. The molecule has 0 unspecified atom stereocenters. The van der Waals surface area contributed by atoms with Crippen LogP contribution in [0.4, 0.5) is 4.39 Å². The monoisotopic (exact) mass is 324 g/mol. The van der Waals surface area contributed by atoms with E-state index in [0.29, 0.717) is 6.54 Å². The Morgan fingerprint density at radius 2 is 1.96 bits per heavy atom. The van der Waals surface area contributed by atoms with Gasteiger partial charge in [-0.3, -0.25) is 4.90 Å². The van der Waals surface area contributed by atoms with Crippen molar-refractivity contribution in [2.75, 3.05) is 6.54 Å². The van der Waals surface area contributed by atoms with Gasteiger partial charge >= 0.3 is 0 Å². The lowest BCUT2D eigenvalue weighted by Gasteiger charge is -2.26. The topological polar surface area (TPSA) is 54.2 Å². The molecule has 0 bridgehead atoms. The molecule has 1 aliphatic heterocycles. The van der Waals surface area contributed by atoms with Crippen LogP contribution in [0.5, 0.6) is 5.88 Å². The van der Waals surface area contributed by atoms with Crippen LogP contribution < -0.4 is 0 Å². The van der Waals surface area contributed by atoms with Crippen LogP contribution in [-0.4, -0.2) is 31.3 Å². The van der Waals surface area contributed by atoms with Crippen molar-refractivity contribution in [1.82, 2.24) is 19.7 Å². The van der Waals surface area contributed by atoms with E-state index in [4.69, 9.17) is 0 Å². The Labute approximate surface area is 139 Å². The summed E-state index contributed by atoms with van der Waals surface area (Å²) in [5, 5.41) is 14.9. The number of halogens is 1. The predicted octanol–water partition coefficient (Wildman–Crippen LogP) is 2.67. The third-order valence-corrected chi connectivity index (χ3v) is 4.27. The van der Waals surface area contributed by atoms with Crippen molar-refractivity contribution in [2.45, 2.75) is 19.5 Å². The van der Waals surface area contributed by atoms with E-state index in [-0.39, 0.29) is 11.7 Å². The van der Waals surface area contributed by atoms with Crippen LogP contribution in [0.2, 0.25) is 0 Å². The number of hydrogen-bond acceptors (Lipinski definition) is 4. The van der Waals surface area contributed by atoms with Gasteiger partial charge in [-0.15, -0.1) is 0 Å². The number of nitrogens with zero attached hydrogens (tertiary/aromatic N) is 4. The van der Waals surface area contributed by atoms with E-state index in [0.717, 1.165) is 30.8 Å². The van der Waals surface area contributed by atoms with Gasteiger partial charge in [0.25, 0.3) is 0 Å². The fraction of sp³-hybridized carbons (Fsp3) is 0.222. The first-order chi connectivity index (χ1) is 11.7. The standard InChI is InChI=1S/C18H17FN4O/c19-15-7-4-9-20-17(15)23-18(24)14-12-22(10-8-16(14)21-23)11-13-5-2-1-3-6-13/h1-7,9,24H,8,10-12H2. The van der Waals surface area contributed by atoms with Crippen LogP contribution in [0.1, 0.15) is 16.8 Å². The van der Waals surface area contributed by atoms with Gasteiger partial charge < -0.3 is 5.11 Å². The highest BCUT2D eigenvalue weighted by molar-refractivity contribution is 5.39. The number of rotatable bonds is 3. The van der Waals surface area contributed by atoms with Crippen molar-refractivity contribution < 1.29 is 9.50 Å². The largest absolute Gasteiger partial charge is 0.493 e. The highest BCUT2D eigenvalue weighted by Gasteiger charge is 2.26. The maximum absolute atomic E-state index is 13.9. The second-order valence-electron chi connectivity index (χ2n) is 5.92. The normalized spacial score (nSPS) is 14.5. The number of pyridine rings is 1. The molecule has 0 atom stereocenters. The van der Waals surface area contributed by atoms with Gasteiger partial charge in [-0.1, -0.05) is 30.3 Å². The molecule has 0 amide bonds. The molecule has 0 aliphatic carbocycles. The summed E-state index contributed by atoms with van der Waals surface area (Å²) < 4.78 is 15.1. The van der Waals surface area contributed by atoms with Crippen molar-refractivity contribution in [2.24, 2.45) is 0 Å². The van der Waals surface area contributed by atoms with Crippen molar-refractivity contribution >= 4 is 0 Å². The smallest absolute Gasteiger partial charge is 0.220 e. The Kier molecular flexibility index (Phi) is 3.74.